The summed E-state index contributed by atoms with van der Waals surface area (Å²) in [4.78, 5) is 4.11. The van der Waals surface area contributed by atoms with Gasteiger partial charge in [-0.3, -0.25) is 4.99 Å². The molecule has 1 aliphatic rings. The number of halogens is 1. The van der Waals surface area contributed by atoms with E-state index < -0.39 is 0 Å². The zero-order chi connectivity index (χ0) is 13.9. The molecular weight excluding hydrogens is 369 g/mol. The fourth-order valence-corrected chi connectivity index (χ4v) is 2.00. The molecule has 1 aliphatic heterocycles. The van der Waals surface area contributed by atoms with Gasteiger partial charge in [0.15, 0.2) is 17.5 Å². The molecule has 0 fully saturated rings. The lowest BCUT2D eigenvalue weighted by molar-refractivity contribution is 0.174. The van der Waals surface area contributed by atoms with Gasteiger partial charge in [-0.1, -0.05) is 19.9 Å². The molecule has 5 nitrogen and oxygen atoms in total. The molecule has 1 aromatic rings. The number of rotatable bonds is 3. The first kappa shape index (κ1) is 16.9. The lowest BCUT2D eigenvalue weighted by Crippen LogP contribution is -2.42. The molecular formula is C14H22IN3O2. The average Bonchev–Trinajstić information content (AvgIpc) is 2.87. The zero-order valence-corrected chi connectivity index (χ0v) is 14.6. The maximum absolute atomic E-state index is 5.42. The number of nitrogens with one attached hydrogen (secondary N) is 2. The molecule has 2 N–H and O–H groups in total. The van der Waals surface area contributed by atoms with E-state index in [1.54, 1.807) is 7.05 Å². The third-order valence-corrected chi connectivity index (χ3v) is 3.31. The van der Waals surface area contributed by atoms with Crippen molar-refractivity contribution in [3.63, 3.8) is 0 Å². The molecule has 0 atom stereocenters. The molecule has 0 saturated heterocycles. The molecule has 0 radical (unpaired) electrons. The SMILES string of the molecule is CN=C(NC)NCC(C)(C)c1ccc2c(c1)OCO2.I. The normalized spacial score (nSPS) is 13.7. The Bertz CT molecular complexity index is 489. The number of aliphatic imine (C=N–C) groups is 1. The van der Waals surface area contributed by atoms with Gasteiger partial charge in [0, 0.05) is 26.1 Å². The number of hydrogen-bond donors (Lipinski definition) is 2. The Labute approximate surface area is 137 Å². The van der Waals surface area contributed by atoms with Crippen LogP contribution in [-0.2, 0) is 5.41 Å². The van der Waals surface area contributed by atoms with E-state index in [1.807, 2.05) is 19.2 Å². The number of fused-ring (bicyclic) bond motifs is 1. The fourth-order valence-electron chi connectivity index (χ4n) is 2.00. The lowest BCUT2D eigenvalue weighted by Gasteiger charge is -2.26. The Balaban J connectivity index is 0.00000200. The maximum Gasteiger partial charge on any atom is 0.231 e. The molecule has 0 saturated carbocycles. The molecule has 0 spiro atoms. The van der Waals surface area contributed by atoms with Crippen molar-refractivity contribution in [1.29, 1.82) is 0 Å². The molecule has 20 heavy (non-hydrogen) atoms. The molecule has 0 unspecified atom stereocenters. The molecule has 0 aliphatic carbocycles. The Hall–Kier alpha value is -1.18. The number of ether oxygens (including phenoxy) is 2. The van der Waals surface area contributed by atoms with E-state index >= 15 is 0 Å². The van der Waals surface area contributed by atoms with Gasteiger partial charge in [-0.05, 0) is 17.7 Å². The first-order valence-corrected chi connectivity index (χ1v) is 6.35. The molecule has 1 heterocycles. The third kappa shape index (κ3) is 3.68. The van der Waals surface area contributed by atoms with Crippen LogP contribution >= 0.6 is 24.0 Å². The van der Waals surface area contributed by atoms with E-state index in [2.05, 4.69) is 35.5 Å². The topological polar surface area (TPSA) is 54.9 Å². The highest BCUT2D eigenvalue weighted by molar-refractivity contribution is 14.0. The van der Waals surface area contributed by atoms with Crippen molar-refractivity contribution < 1.29 is 9.47 Å². The van der Waals surface area contributed by atoms with Crippen LogP contribution in [0.2, 0.25) is 0 Å². The molecule has 0 bridgehead atoms. The number of nitrogens with zero attached hydrogens (tertiary/aromatic N) is 1. The number of benzene rings is 1. The van der Waals surface area contributed by atoms with Gasteiger partial charge in [0.1, 0.15) is 0 Å². The first-order chi connectivity index (χ1) is 9.06. The van der Waals surface area contributed by atoms with Crippen LogP contribution in [0.5, 0.6) is 11.5 Å². The van der Waals surface area contributed by atoms with Crippen molar-refractivity contribution in [3.8, 4) is 11.5 Å². The van der Waals surface area contributed by atoms with Gasteiger partial charge >= 0.3 is 0 Å². The Morgan fingerprint density at radius 3 is 2.65 bits per heavy atom. The van der Waals surface area contributed by atoms with E-state index in [0.29, 0.717) is 6.79 Å². The van der Waals surface area contributed by atoms with Gasteiger partial charge in [-0.25, -0.2) is 0 Å². The van der Waals surface area contributed by atoms with E-state index in [0.717, 1.165) is 24.0 Å². The van der Waals surface area contributed by atoms with Gasteiger partial charge in [0.2, 0.25) is 6.79 Å². The summed E-state index contributed by atoms with van der Waals surface area (Å²) in [5.41, 5.74) is 1.17. The molecule has 112 valence electrons. The zero-order valence-electron chi connectivity index (χ0n) is 12.3. The van der Waals surface area contributed by atoms with Crippen LogP contribution < -0.4 is 20.1 Å². The summed E-state index contributed by atoms with van der Waals surface area (Å²) in [5.74, 6) is 2.43. The highest BCUT2D eigenvalue weighted by Gasteiger charge is 2.24. The molecule has 2 rings (SSSR count). The Morgan fingerprint density at radius 2 is 2.00 bits per heavy atom. The van der Waals surface area contributed by atoms with Crippen molar-refractivity contribution in [2.75, 3.05) is 27.4 Å². The minimum atomic E-state index is -0.0340. The highest BCUT2D eigenvalue weighted by Crippen LogP contribution is 2.36. The standard InChI is InChI=1S/C14H21N3O2.HI/c1-14(2,8-17-13(15-3)16-4)10-5-6-11-12(7-10)19-9-18-11;/h5-7H,8-9H2,1-4H3,(H2,15,16,17);1H. The van der Waals surface area contributed by atoms with Gasteiger partial charge < -0.3 is 20.1 Å². The predicted molar refractivity (Wildman–Crippen MR) is 91.4 cm³/mol. The Morgan fingerprint density at radius 1 is 1.30 bits per heavy atom. The van der Waals surface area contributed by atoms with E-state index in [9.17, 15) is 0 Å². The van der Waals surface area contributed by atoms with E-state index in [-0.39, 0.29) is 29.4 Å². The maximum atomic E-state index is 5.42. The van der Waals surface area contributed by atoms with Crippen LogP contribution in [0.1, 0.15) is 19.4 Å². The van der Waals surface area contributed by atoms with Crippen molar-refractivity contribution in [1.82, 2.24) is 10.6 Å². The van der Waals surface area contributed by atoms with Crippen molar-refractivity contribution in [3.05, 3.63) is 23.8 Å². The van der Waals surface area contributed by atoms with Crippen molar-refractivity contribution in [2.24, 2.45) is 4.99 Å². The van der Waals surface area contributed by atoms with Gasteiger partial charge in [0.25, 0.3) is 0 Å². The van der Waals surface area contributed by atoms with Crippen LogP contribution in [0, 0.1) is 0 Å². The van der Waals surface area contributed by atoms with Crippen LogP contribution in [0.25, 0.3) is 0 Å². The second-order valence-corrected chi connectivity index (χ2v) is 5.13. The van der Waals surface area contributed by atoms with Crippen LogP contribution in [0.4, 0.5) is 0 Å². The summed E-state index contributed by atoms with van der Waals surface area (Å²) in [5, 5.41) is 6.30. The predicted octanol–water partition coefficient (Wildman–Crippen LogP) is 2.11. The quantitative estimate of drug-likeness (QED) is 0.471. The summed E-state index contributed by atoms with van der Waals surface area (Å²) >= 11 is 0. The summed E-state index contributed by atoms with van der Waals surface area (Å²) in [6.45, 7) is 5.45. The molecule has 0 amide bonds. The van der Waals surface area contributed by atoms with Crippen molar-refractivity contribution in [2.45, 2.75) is 19.3 Å². The summed E-state index contributed by atoms with van der Waals surface area (Å²) < 4.78 is 10.8. The monoisotopic (exact) mass is 391 g/mol. The lowest BCUT2D eigenvalue weighted by atomic mass is 9.84. The largest absolute Gasteiger partial charge is 0.454 e. The van der Waals surface area contributed by atoms with Crippen molar-refractivity contribution >= 4 is 29.9 Å². The molecule has 1 aromatic carbocycles. The second kappa shape index (κ2) is 7.01. The van der Waals surface area contributed by atoms with Crippen LogP contribution in [-0.4, -0.2) is 33.4 Å². The van der Waals surface area contributed by atoms with Crippen LogP contribution in [0.15, 0.2) is 23.2 Å². The fraction of sp³-hybridized carbons (Fsp3) is 0.500. The summed E-state index contributed by atoms with van der Waals surface area (Å²) in [6, 6.07) is 6.09. The van der Waals surface area contributed by atoms with Crippen LogP contribution in [0.3, 0.4) is 0 Å². The van der Waals surface area contributed by atoms with E-state index in [1.165, 1.54) is 5.56 Å². The average molecular weight is 391 g/mol. The number of guanidine groups is 1. The number of hydrogen-bond acceptors (Lipinski definition) is 3. The van der Waals surface area contributed by atoms with Gasteiger partial charge in [0.05, 0.1) is 0 Å². The van der Waals surface area contributed by atoms with E-state index in [4.69, 9.17) is 9.47 Å². The minimum Gasteiger partial charge on any atom is -0.454 e. The minimum absolute atomic E-state index is 0. The second-order valence-electron chi connectivity index (χ2n) is 5.13. The summed E-state index contributed by atoms with van der Waals surface area (Å²) in [7, 11) is 3.61. The third-order valence-electron chi connectivity index (χ3n) is 3.31. The Kier molecular flexibility index (Phi) is 5.91. The summed E-state index contributed by atoms with van der Waals surface area (Å²) in [6.07, 6.45) is 0. The first-order valence-electron chi connectivity index (χ1n) is 6.35. The molecule has 0 aromatic heterocycles. The smallest absolute Gasteiger partial charge is 0.231 e. The van der Waals surface area contributed by atoms with Gasteiger partial charge in [-0.15, -0.1) is 24.0 Å². The molecule has 6 heteroatoms. The van der Waals surface area contributed by atoms with Gasteiger partial charge in [-0.2, -0.15) is 0 Å². The highest BCUT2D eigenvalue weighted by atomic mass is 127.